The Hall–Kier alpha value is -4.37. The monoisotopic (exact) mass is 462 g/mol. The molecule has 0 saturated carbocycles. The minimum Gasteiger partial charge on any atom is -0.418 e. The normalized spacial score (nSPS) is 11.1. The molecule has 0 spiro atoms. The van der Waals surface area contributed by atoms with E-state index in [1.54, 1.807) is 36.4 Å². The zero-order valence-corrected chi connectivity index (χ0v) is 17.9. The predicted octanol–water partition coefficient (Wildman–Crippen LogP) is 4.43. The molecule has 0 amide bonds. The number of nitro groups is 1. The van der Waals surface area contributed by atoms with Crippen molar-refractivity contribution in [2.75, 3.05) is 0 Å². The highest BCUT2D eigenvalue weighted by Crippen LogP contribution is 2.36. The van der Waals surface area contributed by atoms with Crippen LogP contribution in [-0.4, -0.2) is 26.8 Å². The van der Waals surface area contributed by atoms with Crippen molar-refractivity contribution in [3.8, 4) is 17.1 Å². The summed E-state index contributed by atoms with van der Waals surface area (Å²) in [4.78, 5) is 39.8. The Morgan fingerprint density at radius 2 is 1.85 bits per heavy atom. The molecule has 9 nitrogen and oxygen atoms in total. The molecule has 0 atom stereocenters. The van der Waals surface area contributed by atoms with Crippen molar-refractivity contribution in [2.24, 2.45) is 5.10 Å². The number of fused-ring (bicyclic) bond motifs is 1. The topological polar surface area (TPSA) is 117 Å². The van der Waals surface area contributed by atoms with Gasteiger partial charge in [-0.1, -0.05) is 54.1 Å². The molecule has 4 rings (SSSR count). The van der Waals surface area contributed by atoms with Crippen LogP contribution in [0.4, 0.5) is 5.69 Å². The third-order valence-electron chi connectivity index (χ3n) is 4.60. The van der Waals surface area contributed by atoms with Crippen LogP contribution >= 0.6 is 11.6 Å². The van der Waals surface area contributed by atoms with Gasteiger partial charge in [-0.3, -0.25) is 19.7 Å². The Morgan fingerprint density at radius 3 is 2.55 bits per heavy atom. The first-order chi connectivity index (χ1) is 15.8. The van der Waals surface area contributed by atoms with E-state index in [0.29, 0.717) is 22.3 Å². The van der Waals surface area contributed by atoms with E-state index in [1.165, 1.54) is 12.3 Å². The van der Waals surface area contributed by atoms with Gasteiger partial charge in [0.25, 0.3) is 5.56 Å². The predicted molar refractivity (Wildman–Crippen MR) is 124 cm³/mol. The average Bonchev–Trinajstić information content (AvgIpc) is 2.80. The van der Waals surface area contributed by atoms with Gasteiger partial charge in [-0.05, 0) is 18.2 Å². The summed E-state index contributed by atoms with van der Waals surface area (Å²) in [6, 6.07) is 18.4. The molecule has 10 heteroatoms. The first kappa shape index (κ1) is 21.8. The van der Waals surface area contributed by atoms with Crippen LogP contribution in [0.25, 0.3) is 22.3 Å². The molecule has 4 aromatic rings. The number of nitrogens with zero attached hydrogens (tertiary/aromatic N) is 4. The summed E-state index contributed by atoms with van der Waals surface area (Å²) in [7, 11) is 0. The summed E-state index contributed by atoms with van der Waals surface area (Å²) in [5.41, 5.74) is 0.477. The summed E-state index contributed by atoms with van der Waals surface area (Å²) in [5.74, 6) is -0.809. The van der Waals surface area contributed by atoms with Gasteiger partial charge in [0, 0.05) is 24.1 Å². The summed E-state index contributed by atoms with van der Waals surface area (Å²) in [6.45, 7) is 1.11. The SMILES string of the molecule is CC(=O)Oc1c(Cl)cc(C=Nn2c(-c3ccccc3)nc3ccccc3c2=O)cc1[N+](=O)[O-]. The molecule has 0 bridgehead atoms. The number of hydrogen-bond donors (Lipinski definition) is 0. The van der Waals surface area contributed by atoms with Crippen LogP contribution in [0.15, 0.2) is 76.6 Å². The molecule has 164 valence electrons. The number of para-hydroxylation sites is 1. The molecule has 3 aromatic carbocycles. The number of nitro benzene ring substituents is 1. The van der Waals surface area contributed by atoms with Crippen LogP contribution in [-0.2, 0) is 4.79 Å². The Bertz CT molecular complexity index is 1480. The van der Waals surface area contributed by atoms with Gasteiger partial charge in [0.05, 0.1) is 27.1 Å². The van der Waals surface area contributed by atoms with Crippen molar-refractivity contribution < 1.29 is 14.5 Å². The number of carbonyl (C=O) groups is 1. The van der Waals surface area contributed by atoms with Gasteiger partial charge in [0.2, 0.25) is 5.75 Å². The highest BCUT2D eigenvalue weighted by molar-refractivity contribution is 6.32. The lowest BCUT2D eigenvalue weighted by molar-refractivity contribution is -0.385. The maximum Gasteiger partial charge on any atom is 0.313 e. The fourth-order valence-electron chi connectivity index (χ4n) is 3.18. The lowest BCUT2D eigenvalue weighted by Crippen LogP contribution is -2.20. The highest BCUT2D eigenvalue weighted by atomic mass is 35.5. The molecule has 0 saturated heterocycles. The fraction of sp³-hybridized carbons (Fsp3) is 0.0435. The van der Waals surface area contributed by atoms with E-state index in [1.807, 2.05) is 18.2 Å². The molecule has 0 fully saturated rings. The Morgan fingerprint density at radius 1 is 1.15 bits per heavy atom. The molecule has 0 aliphatic rings. The Labute approximate surface area is 191 Å². The van der Waals surface area contributed by atoms with Gasteiger partial charge in [0.1, 0.15) is 0 Å². The van der Waals surface area contributed by atoms with Crippen molar-refractivity contribution in [3.63, 3.8) is 0 Å². The Balaban J connectivity index is 1.88. The maximum absolute atomic E-state index is 13.2. The summed E-state index contributed by atoms with van der Waals surface area (Å²) >= 11 is 6.12. The van der Waals surface area contributed by atoms with E-state index >= 15 is 0 Å². The molecule has 1 aromatic heterocycles. The molecule has 0 unspecified atom stereocenters. The molecule has 1 heterocycles. The highest BCUT2D eigenvalue weighted by Gasteiger charge is 2.22. The largest absolute Gasteiger partial charge is 0.418 e. The van der Waals surface area contributed by atoms with Crippen molar-refractivity contribution in [1.29, 1.82) is 0 Å². The van der Waals surface area contributed by atoms with Gasteiger partial charge in [0.15, 0.2) is 5.82 Å². The number of halogens is 1. The molecule has 0 N–H and O–H groups in total. The van der Waals surface area contributed by atoms with Crippen LogP contribution in [0.3, 0.4) is 0 Å². The quantitative estimate of drug-likeness (QED) is 0.142. The molecular weight excluding hydrogens is 448 g/mol. The second kappa shape index (κ2) is 9.01. The smallest absolute Gasteiger partial charge is 0.313 e. The van der Waals surface area contributed by atoms with Crippen molar-refractivity contribution in [3.05, 3.63) is 97.8 Å². The molecule has 33 heavy (non-hydrogen) atoms. The van der Waals surface area contributed by atoms with Gasteiger partial charge in [-0.15, -0.1) is 0 Å². The maximum atomic E-state index is 13.2. The molecule has 0 radical (unpaired) electrons. The van der Waals surface area contributed by atoms with E-state index in [2.05, 4.69) is 10.1 Å². The first-order valence-corrected chi connectivity index (χ1v) is 10.0. The Kier molecular flexibility index (Phi) is 5.97. The number of hydrogen-bond acceptors (Lipinski definition) is 7. The van der Waals surface area contributed by atoms with Crippen LogP contribution < -0.4 is 10.3 Å². The zero-order chi connectivity index (χ0) is 23.5. The minimum atomic E-state index is -0.747. The fourth-order valence-corrected chi connectivity index (χ4v) is 3.44. The lowest BCUT2D eigenvalue weighted by Gasteiger charge is -2.09. The van der Waals surface area contributed by atoms with E-state index < -0.39 is 22.1 Å². The summed E-state index contributed by atoms with van der Waals surface area (Å²) in [5, 5.41) is 15.9. The second-order valence-electron chi connectivity index (χ2n) is 6.88. The molecular formula is C23H15ClN4O5. The number of carbonyl (C=O) groups excluding carboxylic acids is 1. The van der Waals surface area contributed by atoms with Gasteiger partial charge < -0.3 is 4.74 Å². The summed E-state index contributed by atoms with van der Waals surface area (Å²) in [6.07, 6.45) is 1.25. The van der Waals surface area contributed by atoms with Crippen molar-refractivity contribution in [2.45, 2.75) is 6.92 Å². The lowest BCUT2D eigenvalue weighted by atomic mass is 10.2. The van der Waals surface area contributed by atoms with Gasteiger partial charge in [-0.25, -0.2) is 4.98 Å². The molecule has 0 aliphatic heterocycles. The number of benzene rings is 3. The standard InChI is InChI=1S/C23H15ClN4O5/c1-14(29)33-21-18(24)11-15(12-20(21)28(31)32)13-25-27-22(16-7-3-2-4-8-16)26-19-10-6-5-9-17(19)23(27)30/h2-13H,1H3. The van der Waals surface area contributed by atoms with E-state index in [0.717, 1.165) is 17.7 Å². The van der Waals surface area contributed by atoms with Crippen LogP contribution in [0.5, 0.6) is 5.75 Å². The molecule has 0 aliphatic carbocycles. The number of ether oxygens (including phenoxy) is 1. The summed E-state index contributed by atoms with van der Waals surface area (Å²) < 4.78 is 6.00. The first-order valence-electron chi connectivity index (χ1n) is 9.63. The number of aromatic nitrogens is 2. The minimum absolute atomic E-state index is 0.145. The zero-order valence-electron chi connectivity index (χ0n) is 17.1. The third kappa shape index (κ3) is 4.48. The number of esters is 1. The van der Waals surface area contributed by atoms with E-state index in [-0.39, 0.29) is 16.3 Å². The van der Waals surface area contributed by atoms with Crippen molar-refractivity contribution in [1.82, 2.24) is 9.66 Å². The van der Waals surface area contributed by atoms with Crippen LogP contribution in [0.2, 0.25) is 5.02 Å². The van der Waals surface area contributed by atoms with Crippen LogP contribution in [0.1, 0.15) is 12.5 Å². The van der Waals surface area contributed by atoms with E-state index in [9.17, 15) is 19.7 Å². The average molecular weight is 463 g/mol. The van der Waals surface area contributed by atoms with Gasteiger partial charge >= 0.3 is 11.7 Å². The third-order valence-corrected chi connectivity index (χ3v) is 4.88. The van der Waals surface area contributed by atoms with Crippen LogP contribution in [0, 0.1) is 10.1 Å². The van der Waals surface area contributed by atoms with Gasteiger partial charge in [-0.2, -0.15) is 9.78 Å². The number of rotatable bonds is 5. The second-order valence-corrected chi connectivity index (χ2v) is 7.29. The van der Waals surface area contributed by atoms with Crippen molar-refractivity contribution >= 4 is 40.4 Å². The van der Waals surface area contributed by atoms with E-state index in [4.69, 9.17) is 16.3 Å².